The predicted octanol–water partition coefficient (Wildman–Crippen LogP) is 4.33. The second-order valence-electron chi connectivity index (χ2n) is 9.89. The Morgan fingerprint density at radius 2 is 1.33 bits per heavy atom. The van der Waals surface area contributed by atoms with Gasteiger partial charge in [-0.15, -0.1) is 0 Å². The van der Waals surface area contributed by atoms with E-state index in [-0.39, 0.29) is 18.6 Å². The highest BCUT2D eigenvalue weighted by atomic mass is 19.4. The second kappa shape index (κ2) is 10.5. The molecular weight excluding hydrogens is 462 g/mol. The lowest BCUT2D eigenvalue weighted by Gasteiger charge is -2.41. The van der Waals surface area contributed by atoms with E-state index < -0.39 is 59.9 Å². The van der Waals surface area contributed by atoms with Crippen LogP contribution in [0.2, 0.25) is 0 Å². The summed E-state index contributed by atoms with van der Waals surface area (Å²) in [4.78, 5) is 11.8. The van der Waals surface area contributed by atoms with E-state index in [1.54, 1.807) is 13.8 Å². The van der Waals surface area contributed by atoms with E-state index >= 15 is 0 Å². The van der Waals surface area contributed by atoms with Crippen LogP contribution in [0.15, 0.2) is 12.2 Å². The molecule has 0 aliphatic heterocycles. The van der Waals surface area contributed by atoms with Gasteiger partial charge in [0.05, 0.1) is 36.6 Å². The molecule has 0 rings (SSSR count). The lowest BCUT2D eigenvalue weighted by Crippen LogP contribution is -2.61. The first-order chi connectivity index (χ1) is 14.3. The van der Waals surface area contributed by atoms with Crippen molar-refractivity contribution in [2.75, 3.05) is 19.8 Å². The van der Waals surface area contributed by atoms with Gasteiger partial charge >= 0.3 is 18.3 Å². The number of ether oxygens (including phenoxy) is 3. The number of hydrogen-bond donors (Lipinski definition) is 2. The third-order valence-electron chi connectivity index (χ3n) is 4.89. The van der Waals surface area contributed by atoms with Crippen LogP contribution in [0.25, 0.3) is 0 Å². The quantitative estimate of drug-likeness (QED) is 0.238. The third kappa shape index (κ3) is 9.79. The molecule has 1 unspecified atom stereocenters. The Morgan fingerprint density at radius 1 is 0.879 bits per heavy atom. The molecule has 0 aromatic heterocycles. The van der Waals surface area contributed by atoms with Crippen LogP contribution in [-0.2, 0) is 19.0 Å². The number of halogens is 6. The molecular formula is C21H34F6O6. The van der Waals surface area contributed by atoms with E-state index in [2.05, 4.69) is 6.58 Å². The molecule has 0 aliphatic rings. The van der Waals surface area contributed by atoms with Gasteiger partial charge in [0.2, 0.25) is 0 Å². The summed E-state index contributed by atoms with van der Waals surface area (Å²) in [6.07, 6.45) is -12.1. The molecule has 0 radical (unpaired) electrons. The minimum atomic E-state index is -6.04. The summed E-state index contributed by atoms with van der Waals surface area (Å²) < 4.78 is 93.9. The van der Waals surface area contributed by atoms with Crippen molar-refractivity contribution in [1.29, 1.82) is 0 Å². The number of esters is 1. The van der Waals surface area contributed by atoms with Gasteiger partial charge in [0.25, 0.3) is 5.60 Å². The average molecular weight is 496 g/mol. The van der Waals surface area contributed by atoms with Gasteiger partial charge in [-0.05, 0) is 54.9 Å². The molecule has 0 bridgehead atoms. The van der Waals surface area contributed by atoms with Crippen molar-refractivity contribution in [3.63, 3.8) is 0 Å². The predicted molar refractivity (Wildman–Crippen MR) is 107 cm³/mol. The van der Waals surface area contributed by atoms with E-state index in [1.165, 1.54) is 34.6 Å². The summed E-state index contributed by atoms with van der Waals surface area (Å²) in [7, 11) is 0. The monoisotopic (exact) mass is 496 g/mol. The van der Waals surface area contributed by atoms with Crippen molar-refractivity contribution in [1.82, 2.24) is 0 Å². The Morgan fingerprint density at radius 3 is 1.70 bits per heavy atom. The van der Waals surface area contributed by atoms with Crippen LogP contribution in [0.1, 0.15) is 54.9 Å². The smallest absolute Gasteiger partial charge is 0.428 e. The fourth-order valence-electron chi connectivity index (χ4n) is 2.56. The van der Waals surface area contributed by atoms with Crippen molar-refractivity contribution in [2.45, 2.75) is 89.6 Å². The molecule has 33 heavy (non-hydrogen) atoms. The molecule has 0 aromatic carbocycles. The van der Waals surface area contributed by atoms with Crippen LogP contribution < -0.4 is 0 Å². The van der Waals surface area contributed by atoms with E-state index in [0.29, 0.717) is 0 Å². The minimum absolute atomic E-state index is 0.0357. The first-order valence-electron chi connectivity index (χ1n) is 10.0. The van der Waals surface area contributed by atoms with Crippen LogP contribution in [0.4, 0.5) is 26.3 Å². The molecule has 0 saturated heterocycles. The van der Waals surface area contributed by atoms with Gasteiger partial charge < -0.3 is 24.4 Å². The van der Waals surface area contributed by atoms with Crippen LogP contribution in [0.5, 0.6) is 0 Å². The van der Waals surface area contributed by atoms with Crippen molar-refractivity contribution in [3.05, 3.63) is 12.2 Å². The Kier molecular flexibility index (Phi) is 10.1. The van der Waals surface area contributed by atoms with Gasteiger partial charge in [0.1, 0.15) is 0 Å². The maximum Gasteiger partial charge on any atom is 0.428 e. The highest BCUT2D eigenvalue weighted by Gasteiger charge is 2.71. The fourth-order valence-corrected chi connectivity index (χ4v) is 2.56. The standard InChI is InChI=1S/C21H34F6O6/c1-13(2)15(28)31-10-14(9-17(5,6)32-11-16(3,4)29)18(7,8)33-12-19(30,20(22,23)24)21(25,26)27/h14,29-30H,1,9-12H2,2-8H3. The minimum Gasteiger partial charge on any atom is -0.462 e. The van der Waals surface area contributed by atoms with Crippen LogP contribution in [0, 0.1) is 5.92 Å². The van der Waals surface area contributed by atoms with Crippen LogP contribution in [-0.4, -0.2) is 70.8 Å². The first-order valence-corrected chi connectivity index (χ1v) is 10.0. The summed E-state index contributed by atoms with van der Waals surface area (Å²) in [5.74, 6) is -1.78. The number of hydrogen-bond acceptors (Lipinski definition) is 6. The molecule has 196 valence electrons. The summed E-state index contributed by atoms with van der Waals surface area (Å²) in [5, 5.41) is 19.3. The van der Waals surface area contributed by atoms with Crippen molar-refractivity contribution in [2.24, 2.45) is 5.92 Å². The zero-order valence-electron chi connectivity index (χ0n) is 19.9. The Hall–Kier alpha value is -1.37. The van der Waals surface area contributed by atoms with Gasteiger partial charge in [-0.2, -0.15) is 26.3 Å². The lowest BCUT2D eigenvalue weighted by atomic mass is 9.82. The van der Waals surface area contributed by atoms with Gasteiger partial charge in [-0.3, -0.25) is 0 Å². The molecule has 0 aliphatic carbocycles. The normalized spacial score (nSPS) is 15.4. The first kappa shape index (κ1) is 31.6. The molecule has 0 spiro atoms. The van der Waals surface area contributed by atoms with Crippen LogP contribution in [0.3, 0.4) is 0 Å². The summed E-state index contributed by atoms with van der Waals surface area (Å²) in [5.41, 5.74) is -9.06. The molecule has 2 N–H and O–H groups in total. The van der Waals surface area contributed by atoms with E-state index in [1.807, 2.05) is 0 Å². The summed E-state index contributed by atoms with van der Waals surface area (Å²) in [6, 6.07) is 0. The van der Waals surface area contributed by atoms with Crippen LogP contribution >= 0.6 is 0 Å². The van der Waals surface area contributed by atoms with Gasteiger partial charge in [0, 0.05) is 11.5 Å². The number of rotatable bonds is 12. The zero-order valence-corrected chi connectivity index (χ0v) is 19.9. The van der Waals surface area contributed by atoms with Gasteiger partial charge in [-0.25, -0.2) is 4.79 Å². The van der Waals surface area contributed by atoms with Gasteiger partial charge in [-0.1, -0.05) is 6.58 Å². The van der Waals surface area contributed by atoms with Crippen molar-refractivity contribution < 1.29 is 55.6 Å². The number of aliphatic hydroxyl groups is 2. The van der Waals surface area contributed by atoms with E-state index in [0.717, 1.165) is 0 Å². The molecule has 0 aromatic rings. The zero-order chi connectivity index (χ0) is 26.7. The van der Waals surface area contributed by atoms with E-state index in [4.69, 9.17) is 14.2 Å². The lowest BCUT2D eigenvalue weighted by molar-refractivity contribution is -0.383. The molecule has 0 saturated carbocycles. The van der Waals surface area contributed by atoms with E-state index in [9.17, 15) is 41.4 Å². The Bertz CT molecular complexity index is 662. The second-order valence-corrected chi connectivity index (χ2v) is 9.89. The number of alkyl halides is 6. The molecule has 0 fully saturated rings. The number of carbonyl (C=O) groups excluding carboxylic acids is 1. The largest absolute Gasteiger partial charge is 0.462 e. The summed E-state index contributed by atoms with van der Waals surface area (Å²) in [6.45, 7) is 10.7. The molecule has 0 heterocycles. The molecule has 1 atom stereocenters. The number of carbonyl (C=O) groups is 1. The highest BCUT2D eigenvalue weighted by Crippen LogP contribution is 2.44. The maximum absolute atomic E-state index is 13.0. The third-order valence-corrected chi connectivity index (χ3v) is 4.89. The molecule has 6 nitrogen and oxygen atoms in total. The SMILES string of the molecule is C=C(C)C(=O)OCC(CC(C)(C)OCC(C)(C)O)C(C)(C)OCC(O)(C(F)(F)F)C(F)(F)F. The summed E-state index contributed by atoms with van der Waals surface area (Å²) >= 11 is 0. The van der Waals surface area contributed by atoms with Crippen molar-refractivity contribution in [3.8, 4) is 0 Å². The van der Waals surface area contributed by atoms with Crippen molar-refractivity contribution >= 4 is 5.97 Å². The highest BCUT2D eigenvalue weighted by molar-refractivity contribution is 5.86. The Balaban J connectivity index is 5.82. The Labute approximate surface area is 189 Å². The fraction of sp³-hybridized carbons (Fsp3) is 0.857. The molecule has 0 amide bonds. The maximum atomic E-state index is 13.0. The average Bonchev–Trinajstić information content (AvgIpc) is 2.58. The van der Waals surface area contributed by atoms with Gasteiger partial charge in [0.15, 0.2) is 0 Å². The molecule has 12 heteroatoms. The topological polar surface area (TPSA) is 85.2 Å².